The zero-order valence-electron chi connectivity index (χ0n) is 15.2. The molecular formula is C19H21N3O4. The molecule has 2 rings (SSSR count). The maximum absolute atomic E-state index is 12.1. The predicted octanol–water partition coefficient (Wildman–Crippen LogP) is 4.53. The van der Waals surface area contributed by atoms with Gasteiger partial charge < -0.3 is 14.9 Å². The second-order valence-electron chi connectivity index (χ2n) is 6.67. The third-order valence-corrected chi connectivity index (χ3v) is 3.37. The Morgan fingerprint density at radius 3 is 2.19 bits per heavy atom. The summed E-state index contributed by atoms with van der Waals surface area (Å²) < 4.78 is 5.33. The van der Waals surface area contributed by atoms with E-state index in [0.717, 1.165) is 11.1 Å². The number of pyridine rings is 1. The first-order valence-corrected chi connectivity index (χ1v) is 8.01. The van der Waals surface area contributed by atoms with Crippen LogP contribution < -0.4 is 4.90 Å². The van der Waals surface area contributed by atoms with Crippen molar-refractivity contribution in [3.8, 4) is 0 Å². The Balaban J connectivity index is 2.04. The summed E-state index contributed by atoms with van der Waals surface area (Å²) in [4.78, 5) is 27.3. The molecule has 1 heterocycles. The number of carbonyl (C=O) groups is 1. The van der Waals surface area contributed by atoms with Gasteiger partial charge in [0.2, 0.25) is 0 Å². The highest BCUT2D eigenvalue weighted by Gasteiger charge is 2.20. The molecule has 0 fully saturated rings. The van der Waals surface area contributed by atoms with Gasteiger partial charge in [-0.25, -0.2) is 4.79 Å². The highest BCUT2D eigenvalue weighted by atomic mass is 16.6. The molecule has 0 saturated heterocycles. The Kier molecular flexibility index (Phi) is 5.71. The number of carbonyl (C=O) groups excluding carboxylic acids is 1. The van der Waals surface area contributed by atoms with E-state index in [1.54, 1.807) is 13.1 Å². The lowest BCUT2D eigenvalue weighted by molar-refractivity contribution is -0.389. The zero-order valence-corrected chi connectivity index (χ0v) is 15.2. The number of benzene rings is 1. The first kappa shape index (κ1) is 19.1. The van der Waals surface area contributed by atoms with Gasteiger partial charge in [0.05, 0.1) is 0 Å². The summed E-state index contributed by atoms with van der Waals surface area (Å²) in [6, 6.07) is 10.4. The van der Waals surface area contributed by atoms with Crippen molar-refractivity contribution in [1.82, 2.24) is 4.98 Å². The molecule has 0 bridgehead atoms. The molecule has 0 aliphatic heterocycles. The maximum Gasteiger partial charge on any atom is 0.414 e. The van der Waals surface area contributed by atoms with E-state index >= 15 is 0 Å². The van der Waals surface area contributed by atoms with Gasteiger partial charge in [0, 0.05) is 24.4 Å². The van der Waals surface area contributed by atoms with E-state index in [0.29, 0.717) is 5.69 Å². The van der Waals surface area contributed by atoms with Crippen molar-refractivity contribution in [3.63, 3.8) is 0 Å². The summed E-state index contributed by atoms with van der Waals surface area (Å²) in [5.74, 6) is -0.184. The average Bonchev–Trinajstić information content (AvgIpc) is 2.58. The Hall–Kier alpha value is -3.22. The van der Waals surface area contributed by atoms with Crippen LogP contribution in [0.2, 0.25) is 0 Å². The van der Waals surface area contributed by atoms with Crippen molar-refractivity contribution in [1.29, 1.82) is 0 Å². The second-order valence-corrected chi connectivity index (χ2v) is 6.67. The van der Waals surface area contributed by atoms with Crippen LogP contribution in [0.15, 0.2) is 42.6 Å². The summed E-state index contributed by atoms with van der Waals surface area (Å²) in [6.07, 6.45) is 4.70. The number of ether oxygens (including phenoxy) is 1. The summed E-state index contributed by atoms with van der Waals surface area (Å²) in [6.45, 7) is 5.46. The topological polar surface area (TPSA) is 85.6 Å². The van der Waals surface area contributed by atoms with E-state index in [1.165, 1.54) is 17.2 Å². The molecule has 1 aromatic heterocycles. The number of nitro groups is 1. The monoisotopic (exact) mass is 355 g/mol. The van der Waals surface area contributed by atoms with Crippen LogP contribution >= 0.6 is 0 Å². The van der Waals surface area contributed by atoms with Crippen LogP contribution in [0.4, 0.5) is 16.3 Å². The Bertz CT molecular complexity index is 806. The summed E-state index contributed by atoms with van der Waals surface area (Å²) in [7, 11) is 1.65. The molecule has 7 heteroatoms. The molecule has 0 unspecified atom stereocenters. The van der Waals surface area contributed by atoms with E-state index in [1.807, 2.05) is 57.2 Å². The molecule has 0 spiro atoms. The lowest BCUT2D eigenvalue weighted by Crippen LogP contribution is -2.34. The minimum atomic E-state index is -0.549. The second kappa shape index (κ2) is 7.77. The molecule has 0 saturated carbocycles. The Morgan fingerprint density at radius 1 is 1.12 bits per heavy atom. The first-order chi connectivity index (χ1) is 12.2. The molecule has 7 nitrogen and oxygen atoms in total. The van der Waals surface area contributed by atoms with E-state index in [2.05, 4.69) is 4.98 Å². The Labute approximate surface area is 152 Å². The van der Waals surface area contributed by atoms with Gasteiger partial charge in [-0.05, 0) is 54.4 Å². The van der Waals surface area contributed by atoms with E-state index < -0.39 is 16.6 Å². The number of rotatable bonds is 4. The Morgan fingerprint density at radius 2 is 1.69 bits per heavy atom. The van der Waals surface area contributed by atoms with Crippen molar-refractivity contribution in [2.75, 3.05) is 11.9 Å². The summed E-state index contributed by atoms with van der Waals surface area (Å²) >= 11 is 0. The van der Waals surface area contributed by atoms with Crippen LogP contribution in [0, 0.1) is 10.1 Å². The fourth-order valence-corrected chi connectivity index (χ4v) is 2.04. The fourth-order valence-electron chi connectivity index (χ4n) is 2.04. The first-order valence-electron chi connectivity index (χ1n) is 8.01. The summed E-state index contributed by atoms with van der Waals surface area (Å²) in [5, 5.41) is 10.6. The number of hydrogen-bond donors (Lipinski definition) is 0. The molecular weight excluding hydrogens is 334 g/mol. The highest BCUT2D eigenvalue weighted by Crippen LogP contribution is 2.19. The molecule has 0 atom stereocenters. The van der Waals surface area contributed by atoms with Crippen LogP contribution in [0.3, 0.4) is 0 Å². The molecule has 0 aliphatic rings. The molecule has 136 valence electrons. The van der Waals surface area contributed by atoms with Crippen molar-refractivity contribution < 1.29 is 14.5 Å². The average molecular weight is 355 g/mol. The van der Waals surface area contributed by atoms with Crippen molar-refractivity contribution in [2.24, 2.45) is 0 Å². The van der Waals surface area contributed by atoms with Gasteiger partial charge in [-0.15, -0.1) is 0 Å². The van der Waals surface area contributed by atoms with Gasteiger partial charge in [0.1, 0.15) is 11.8 Å². The SMILES string of the molecule is CN(C(=O)OC(C)(C)C)c1ccc(C=Cc2ccc([N+](=O)[O-])nc2)cc1. The molecule has 1 aromatic carbocycles. The largest absolute Gasteiger partial charge is 0.443 e. The van der Waals surface area contributed by atoms with Gasteiger partial charge in [0.25, 0.3) is 0 Å². The number of hydrogen-bond acceptors (Lipinski definition) is 5. The molecule has 1 amide bonds. The molecule has 26 heavy (non-hydrogen) atoms. The van der Waals surface area contributed by atoms with Gasteiger partial charge in [-0.1, -0.05) is 24.3 Å². The van der Waals surface area contributed by atoms with Gasteiger partial charge in [0.15, 0.2) is 0 Å². The number of anilines is 1. The zero-order chi connectivity index (χ0) is 19.3. The minimum Gasteiger partial charge on any atom is -0.443 e. The van der Waals surface area contributed by atoms with E-state index in [9.17, 15) is 14.9 Å². The highest BCUT2D eigenvalue weighted by molar-refractivity contribution is 5.87. The summed E-state index contributed by atoms with van der Waals surface area (Å²) in [5.41, 5.74) is 1.84. The molecule has 2 aromatic rings. The van der Waals surface area contributed by atoms with Crippen LogP contribution in [-0.2, 0) is 4.74 Å². The van der Waals surface area contributed by atoms with Gasteiger partial charge in [-0.2, -0.15) is 0 Å². The lowest BCUT2D eigenvalue weighted by atomic mass is 10.1. The number of aromatic nitrogens is 1. The molecule has 0 radical (unpaired) electrons. The third kappa shape index (κ3) is 5.41. The lowest BCUT2D eigenvalue weighted by Gasteiger charge is -2.24. The van der Waals surface area contributed by atoms with Crippen molar-refractivity contribution >= 4 is 29.8 Å². The van der Waals surface area contributed by atoms with Crippen LogP contribution in [0.25, 0.3) is 12.2 Å². The molecule has 0 N–H and O–H groups in total. The minimum absolute atomic E-state index is 0.184. The van der Waals surface area contributed by atoms with Crippen LogP contribution in [0.1, 0.15) is 31.9 Å². The maximum atomic E-state index is 12.1. The van der Waals surface area contributed by atoms with Crippen molar-refractivity contribution in [3.05, 3.63) is 63.8 Å². The predicted molar refractivity (Wildman–Crippen MR) is 101 cm³/mol. The van der Waals surface area contributed by atoms with Crippen LogP contribution in [0.5, 0.6) is 0 Å². The van der Waals surface area contributed by atoms with Gasteiger partial charge >= 0.3 is 11.9 Å². The molecule has 0 aliphatic carbocycles. The standard InChI is InChI=1S/C19H21N3O4/c1-19(2,3)26-18(23)21(4)16-10-7-14(8-11-16)5-6-15-9-12-17(20-13-15)22(24)25/h5-13H,1-4H3. The quantitative estimate of drug-likeness (QED) is 0.594. The number of nitrogens with zero attached hydrogens (tertiary/aromatic N) is 3. The van der Waals surface area contributed by atoms with Crippen LogP contribution in [-0.4, -0.2) is 28.6 Å². The van der Waals surface area contributed by atoms with Crippen molar-refractivity contribution in [2.45, 2.75) is 26.4 Å². The smallest absolute Gasteiger partial charge is 0.414 e. The number of amides is 1. The fraction of sp³-hybridized carbons (Fsp3) is 0.263. The normalized spacial score (nSPS) is 11.4. The van der Waals surface area contributed by atoms with Gasteiger partial charge in [-0.3, -0.25) is 4.90 Å². The van der Waals surface area contributed by atoms with E-state index in [-0.39, 0.29) is 5.82 Å². The van der Waals surface area contributed by atoms with E-state index in [4.69, 9.17) is 4.74 Å². The third-order valence-electron chi connectivity index (χ3n) is 3.37.